The van der Waals surface area contributed by atoms with Gasteiger partial charge in [0.1, 0.15) is 0 Å². The normalized spacial score (nSPS) is 32.3. The number of hydrogen-bond acceptors (Lipinski definition) is 2. The lowest BCUT2D eigenvalue weighted by molar-refractivity contribution is -0.134. The molecule has 2 aliphatic carbocycles. The average molecular weight is 335 g/mol. The van der Waals surface area contributed by atoms with E-state index < -0.39 is 0 Å². The maximum Gasteiger partial charge on any atom is 0.228 e. The van der Waals surface area contributed by atoms with Gasteiger partial charge in [-0.1, -0.05) is 37.1 Å². The molecule has 0 radical (unpaired) electrons. The number of benzene rings is 1. The standard InChI is InChI=1S/C19H26N2O.ClH/c22-18(19-10-4-3-7-16(19)12-20-13-19)21-17-9-8-14-5-1-2-6-15(14)11-17;/h1-2,5-6,16-17,20H,3-4,7-13H2,(H,21,22);1H/t16-,17?,19+;/m0./s1. The number of nitrogens with one attached hydrogen (secondary N) is 2. The fourth-order valence-electron chi connectivity index (χ4n) is 4.84. The highest BCUT2D eigenvalue weighted by atomic mass is 35.5. The molecule has 3 nitrogen and oxygen atoms in total. The molecular weight excluding hydrogens is 308 g/mol. The van der Waals surface area contributed by atoms with Crippen LogP contribution in [0.4, 0.5) is 0 Å². The van der Waals surface area contributed by atoms with E-state index in [9.17, 15) is 4.79 Å². The van der Waals surface area contributed by atoms with Gasteiger partial charge in [0.15, 0.2) is 0 Å². The lowest BCUT2D eigenvalue weighted by Crippen LogP contribution is -2.51. The summed E-state index contributed by atoms with van der Waals surface area (Å²) < 4.78 is 0. The molecule has 1 unspecified atom stereocenters. The Morgan fingerprint density at radius 1 is 1.17 bits per heavy atom. The topological polar surface area (TPSA) is 41.1 Å². The van der Waals surface area contributed by atoms with E-state index in [1.165, 1.54) is 30.4 Å². The number of fused-ring (bicyclic) bond motifs is 2. The van der Waals surface area contributed by atoms with Crippen LogP contribution in [0.5, 0.6) is 0 Å². The Hall–Kier alpha value is -1.06. The Morgan fingerprint density at radius 3 is 2.87 bits per heavy atom. The number of aryl methyl sites for hydroxylation is 1. The monoisotopic (exact) mass is 334 g/mol. The van der Waals surface area contributed by atoms with E-state index in [0.717, 1.165) is 38.8 Å². The van der Waals surface area contributed by atoms with Crippen LogP contribution < -0.4 is 10.6 Å². The summed E-state index contributed by atoms with van der Waals surface area (Å²) in [5, 5.41) is 6.89. The van der Waals surface area contributed by atoms with Crippen molar-refractivity contribution in [3.05, 3.63) is 35.4 Å². The number of carbonyl (C=O) groups is 1. The molecule has 1 saturated carbocycles. The minimum atomic E-state index is -0.116. The van der Waals surface area contributed by atoms with E-state index >= 15 is 0 Å². The molecule has 1 amide bonds. The van der Waals surface area contributed by atoms with Crippen molar-refractivity contribution < 1.29 is 4.79 Å². The van der Waals surface area contributed by atoms with E-state index in [1.54, 1.807) is 0 Å². The van der Waals surface area contributed by atoms with Crippen molar-refractivity contribution in [2.45, 2.75) is 51.0 Å². The third-order valence-electron chi connectivity index (χ3n) is 6.17. The average Bonchev–Trinajstić information content (AvgIpc) is 3.00. The van der Waals surface area contributed by atoms with Crippen molar-refractivity contribution in [3.63, 3.8) is 0 Å². The predicted octanol–water partition coefficient (Wildman–Crippen LogP) is 2.86. The molecule has 1 aliphatic heterocycles. The van der Waals surface area contributed by atoms with Crippen LogP contribution in [0.15, 0.2) is 24.3 Å². The Balaban J connectivity index is 0.00000156. The molecule has 1 aromatic carbocycles. The summed E-state index contributed by atoms with van der Waals surface area (Å²) in [5.74, 6) is 0.878. The van der Waals surface area contributed by atoms with Crippen LogP contribution in [-0.4, -0.2) is 25.0 Å². The van der Waals surface area contributed by atoms with E-state index in [0.29, 0.717) is 17.9 Å². The molecule has 4 rings (SSSR count). The van der Waals surface area contributed by atoms with Crippen molar-refractivity contribution in [1.82, 2.24) is 10.6 Å². The van der Waals surface area contributed by atoms with Gasteiger partial charge in [0.2, 0.25) is 5.91 Å². The molecule has 0 aromatic heterocycles. The van der Waals surface area contributed by atoms with Crippen LogP contribution in [0.1, 0.15) is 43.2 Å². The van der Waals surface area contributed by atoms with Gasteiger partial charge >= 0.3 is 0 Å². The third-order valence-corrected chi connectivity index (χ3v) is 6.17. The lowest BCUT2D eigenvalue weighted by atomic mass is 9.67. The van der Waals surface area contributed by atoms with E-state index in [1.807, 2.05) is 0 Å². The number of halogens is 1. The SMILES string of the molecule is Cl.O=C(NC1CCc2ccccc2C1)[C@@]12CCCC[C@H]1CNC2. The summed E-state index contributed by atoms with van der Waals surface area (Å²) in [6, 6.07) is 8.99. The van der Waals surface area contributed by atoms with Crippen molar-refractivity contribution in [2.24, 2.45) is 11.3 Å². The van der Waals surface area contributed by atoms with Crippen LogP contribution in [0, 0.1) is 11.3 Å². The first-order chi connectivity index (χ1) is 10.8. The first kappa shape index (κ1) is 16.8. The van der Waals surface area contributed by atoms with Crippen LogP contribution in [0.3, 0.4) is 0 Å². The summed E-state index contributed by atoms with van der Waals surface area (Å²) in [4.78, 5) is 13.0. The molecule has 3 aliphatic rings. The van der Waals surface area contributed by atoms with Gasteiger partial charge in [0.25, 0.3) is 0 Å². The van der Waals surface area contributed by atoms with Crippen molar-refractivity contribution in [1.29, 1.82) is 0 Å². The largest absolute Gasteiger partial charge is 0.352 e. The fourth-order valence-corrected chi connectivity index (χ4v) is 4.84. The van der Waals surface area contributed by atoms with Gasteiger partial charge < -0.3 is 10.6 Å². The minimum Gasteiger partial charge on any atom is -0.352 e. The van der Waals surface area contributed by atoms with E-state index in [2.05, 4.69) is 34.9 Å². The molecule has 4 heteroatoms. The summed E-state index contributed by atoms with van der Waals surface area (Å²) in [5.41, 5.74) is 2.76. The number of carbonyl (C=O) groups excluding carboxylic acids is 1. The van der Waals surface area contributed by atoms with Crippen molar-refractivity contribution in [2.75, 3.05) is 13.1 Å². The zero-order valence-corrected chi connectivity index (χ0v) is 14.5. The Kier molecular flexibility index (Phi) is 4.98. The van der Waals surface area contributed by atoms with E-state index in [4.69, 9.17) is 0 Å². The second kappa shape index (κ2) is 6.82. The first-order valence-corrected chi connectivity index (χ1v) is 8.86. The van der Waals surface area contributed by atoms with Gasteiger partial charge in [0.05, 0.1) is 5.41 Å². The molecule has 1 aromatic rings. The first-order valence-electron chi connectivity index (χ1n) is 8.86. The Labute approximate surface area is 145 Å². The number of rotatable bonds is 2. The second-order valence-electron chi connectivity index (χ2n) is 7.41. The van der Waals surface area contributed by atoms with Gasteiger partial charge in [-0.25, -0.2) is 0 Å². The van der Waals surface area contributed by atoms with Gasteiger partial charge in [-0.15, -0.1) is 12.4 Å². The van der Waals surface area contributed by atoms with Crippen molar-refractivity contribution in [3.8, 4) is 0 Å². The van der Waals surface area contributed by atoms with Crippen LogP contribution in [0.2, 0.25) is 0 Å². The smallest absolute Gasteiger partial charge is 0.228 e. The maximum absolute atomic E-state index is 13.0. The fraction of sp³-hybridized carbons (Fsp3) is 0.632. The summed E-state index contributed by atoms with van der Waals surface area (Å²) in [6.45, 7) is 1.91. The molecule has 2 fully saturated rings. The molecular formula is C19H27ClN2O. The molecule has 0 bridgehead atoms. The number of amides is 1. The van der Waals surface area contributed by atoms with E-state index in [-0.39, 0.29) is 17.8 Å². The Bertz CT molecular complexity index is 576. The highest BCUT2D eigenvalue weighted by molar-refractivity contribution is 5.85. The minimum absolute atomic E-state index is 0. The zero-order chi connectivity index (χ0) is 15.0. The molecule has 2 N–H and O–H groups in total. The van der Waals surface area contributed by atoms with Gasteiger partial charge in [-0.05, 0) is 55.7 Å². The zero-order valence-electron chi connectivity index (χ0n) is 13.6. The van der Waals surface area contributed by atoms with Gasteiger partial charge in [-0.3, -0.25) is 4.79 Å². The van der Waals surface area contributed by atoms with Gasteiger partial charge in [0, 0.05) is 12.6 Å². The highest BCUT2D eigenvalue weighted by Gasteiger charge is 2.50. The van der Waals surface area contributed by atoms with Crippen LogP contribution in [-0.2, 0) is 17.6 Å². The Morgan fingerprint density at radius 2 is 2.00 bits per heavy atom. The highest BCUT2D eigenvalue weighted by Crippen LogP contribution is 2.44. The molecule has 126 valence electrons. The third kappa shape index (κ3) is 3.01. The molecule has 3 atom stereocenters. The lowest BCUT2D eigenvalue weighted by Gasteiger charge is -2.39. The summed E-state index contributed by atoms with van der Waals surface area (Å²) in [6.07, 6.45) is 7.95. The van der Waals surface area contributed by atoms with Crippen molar-refractivity contribution >= 4 is 18.3 Å². The van der Waals surface area contributed by atoms with Crippen LogP contribution in [0.25, 0.3) is 0 Å². The summed E-state index contributed by atoms with van der Waals surface area (Å²) >= 11 is 0. The quantitative estimate of drug-likeness (QED) is 0.873. The molecule has 1 saturated heterocycles. The van der Waals surface area contributed by atoms with Gasteiger partial charge in [-0.2, -0.15) is 0 Å². The molecule has 23 heavy (non-hydrogen) atoms. The number of hydrogen-bond donors (Lipinski definition) is 2. The maximum atomic E-state index is 13.0. The molecule has 1 heterocycles. The van der Waals surface area contributed by atoms with Crippen LogP contribution >= 0.6 is 12.4 Å². The second-order valence-corrected chi connectivity index (χ2v) is 7.41. The molecule has 0 spiro atoms. The summed E-state index contributed by atoms with van der Waals surface area (Å²) in [7, 11) is 0. The predicted molar refractivity (Wildman–Crippen MR) is 94.9 cm³/mol.